The fraction of sp³-hybridized carbons (Fsp3) is 0.588. The monoisotopic (exact) mass is 349 g/mol. The minimum Gasteiger partial charge on any atom is -0.443 e. The fourth-order valence-corrected chi connectivity index (χ4v) is 2.50. The molecule has 2 aromatic rings. The van der Waals surface area contributed by atoms with Gasteiger partial charge in [0.15, 0.2) is 0 Å². The topological polar surface area (TPSA) is 110 Å². The summed E-state index contributed by atoms with van der Waals surface area (Å²) in [6.07, 6.45) is 3.41. The van der Waals surface area contributed by atoms with E-state index in [2.05, 4.69) is 9.97 Å². The number of unbranched alkanes of at least 4 members (excludes halogenated alkanes) is 1. The molecule has 0 fully saturated rings. The number of oxazole rings is 1. The van der Waals surface area contributed by atoms with Gasteiger partial charge in [0.2, 0.25) is 5.89 Å². The van der Waals surface area contributed by atoms with Gasteiger partial charge in [-0.1, -0.05) is 34.1 Å². The van der Waals surface area contributed by atoms with Crippen LogP contribution >= 0.6 is 0 Å². The third-order valence-electron chi connectivity index (χ3n) is 4.00. The van der Waals surface area contributed by atoms with Crippen molar-refractivity contribution in [2.75, 3.05) is 17.7 Å². The predicted molar refractivity (Wildman–Crippen MR) is 98.0 cm³/mol. The SMILES string of the molecule is CCCCn1c(N)c(N(C)Cc2ncc(C(C)(C)C)o2)c(=O)[nH]c1=O. The Labute approximate surface area is 146 Å². The second-order valence-corrected chi connectivity index (χ2v) is 7.22. The highest BCUT2D eigenvalue weighted by atomic mass is 16.4. The number of aromatic amines is 1. The number of hydrogen-bond acceptors (Lipinski definition) is 6. The average molecular weight is 349 g/mol. The lowest BCUT2D eigenvalue weighted by molar-refractivity contribution is 0.381. The normalized spacial score (nSPS) is 11.7. The second-order valence-electron chi connectivity index (χ2n) is 7.22. The summed E-state index contributed by atoms with van der Waals surface area (Å²) in [5.41, 5.74) is 5.20. The van der Waals surface area contributed by atoms with E-state index in [1.165, 1.54) is 4.57 Å². The van der Waals surface area contributed by atoms with Gasteiger partial charge in [-0.25, -0.2) is 9.78 Å². The molecule has 2 aromatic heterocycles. The molecule has 25 heavy (non-hydrogen) atoms. The van der Waals surface area contributed by atoms with Crippen LogP contribution < -0.4 is 21.9 Å². The van der Waals surface area contributed by atoms with Crippen LogP contribution in [0.15, 0.2) is 20.2 Å². The van der Waals surface area contributed by atoms with Gasteiger partial charge in [-0.15, -0.1) is 0 Å². The van der Waals surface area contributed by atoms with Gasteiger partial charge in [0.1, 0.15) is 17.3 Å². The summed E-state index contributed by atoms with van der Waals surface area (Å²) in [6.45, 7) is 8.87. The first kappa shape index (κ1) is 18.8. The summed E-state index contributed by atoms with van der Waals surface area (Å²) in [5, 5.41) is 0. The van der Waals surface area contributed by atoms with E-state index in [0.29, 0.717) is 12.4 Å². The molecule has 0 aliphatic heterocycles. The Balaban J connectivity index is 2.32. The van der Waals surface area contributed by atoms with E-state index in [9.17, 15) is 9.59 Å². The summed E-state index contributed by atoms with van der Waals surface area (Å²) in [5.74, 6) is 1.41. The number of nitrogens with zero attached hydrogens (tertiary/aromatic N) is 3. The molecule has 3 N–H and O–H groups in total. The Kier molecular flexibility index (Phi) is 5.39. The van der Waals surface area contributed by atoms with E-state index in [0.717, 1.165) is 18.6 Å². The quantitative estimate of drug-likeness (QED) is 0.823. The Morgan fingerprint density at radius 1 is 1.36 bits per heavy atom. The van der Waals surface area contributed by atoms with Crippen LogP contribution in [0.4, 0.5) is 11.5 Å². The largest absolute Gasteiger partial charge is 0.443 e. The first-order chi connectivity index (χ1) is 11.6. The van der Waals surface area contributed by atoms with Crippen LogP contribution in [0.5, 0.6) is 0 Å². The van der Waals surface area contributed by atoms with Crippen LogP contribution in [0.2, 0.25) is 0 Å². The molecule has 2 heterocycles. The van der Waals surface area contributed by atoms with Crippen LogP contribution in [0.3, 0.4) is 0 Å². The molecule has 0 bridgehead atoms. The van der Waals surface area contributed by atoms with Crippen LogP contribution in [0.25, 0.3) is 0 Å². The highest BCUT2D eigenvalue weighted by Gasteiger charge is 2.21. The molecule has 0 atom stereocenters. The standard InChI is InChI=1S/C17H27N5O3/c1-6-7-8-22-14(18)13(15(23)20-16(22)24)21(5)10-12-19-9-11(25-12)17(2,3)4/h9H,6-8,10,18H2,1-5H3,(H,20,23,24). The molecule has 0 aliphatic rings. The summed E-state index contributed by atoms with van der Waals surface area (Å²) in [4.78, 5) is 32.5. The Morgan fingerprint density at radius 2 is 2.04 bits per heavy atom. The number of aromatic nitrogens is 3. The van der Waals surface area contributed by atoms with Crippen molar-refractivity contribution in [2.45, 2.75) is 59.0 Å². The Bertz CT molecular complexity index is 841. The number of nitrogens with two attached hydrogens (primary N) is 1. The Morgan fingerprint density at radius 3 is 2.60 bits per heavy atom. The minimum atomic E-state index is -0.514. The summed E-state index contributed by atoms with van der Waals surface area (Å²) in [7, 11) is 1.72. The van der Waals surface area contributed by atoms with Gasteiger partial charge in [0.05, 0.1) is 12.7 Å². The zero-order valence-electron chi connectivity index (χ0n) is 15.5. The van der Waals surface area contributed by atoms with Crippen LogP contribution in [-0.4, -0.2) is 21.6 Å². The molecule has 138 valence electrons. The van der Waals surface area contributed by atoms with Crippen molar-refractivity contribution in [3.63, 3.8) is 0 Å². The van der Waals surface area contributed by atoms with Gasteiger partial charge in [-0.05, 0) is 6.42 Å². The highest BCUT2D eigenvalue weighted by Crippen LogP contribution is 2.24. The Hall–Kier alpha value is -2.51. The van der Waals surface area contributed by atoms with Crippen molar-refractivity contribution >= 4 is 11.5 Å². The van der Waals surface area contributed by atoms with Gasteiger partial charge in [0.25, 0.3) is 5.56 Å². The summed E-state index contributed by atoms with van der Waals surface area (Å²) < 4.78 is 7.16. The number of rotatable bonds is 6. The molecular weight excluding hydrogens is 322 g/mol. The van der Waals surface area contributed by atoms with Crippen LogP contribution in [-0.2, 0) is 18.5 Å². The van der Waals surface area contributed by atoms with Gasteiger partial charge < -0.3 is 15.1 Å². The van der Waals surface area contributed by atoms with E-state index in [4.69, 9.17) is 10.2 Å². The molecule has 0 unspecified atom stereocenters. The summed E-state index contributed by atoms with van der Waals surface area (Å²) >= 11 is 0. The van der Waals surface area contributed by atoms with Crippen molar-refractivity contribution in [3.8, 4) is 0 Å². The number of hydrogen-bond donors (Lipinski definition) is 2. The highest BCUT2D eigenvalue weighted by molar-refractivity contribution is 5.61. The molecule has 0 saturated heterocycles. The summed E-state index contributed by atoms with van der Waals surface area (Å²) in [6, 6.07) is 0. The molecule has 0 aliphatic carbocycles. The number of H-pyrrole nitrogens is 1. The zero-order valence-corrected chi connectivity index (χ0v) is 15.5. The molecule has 0 aromatic carbocycles. The lowest BCUT2D eigenvalue weighted by atomic mass is 9.94. The number of nitrogen functional groups attached to an aromatic ring is 1. The molecule has 2 rings (SSSR count). The molecule has 8 nitrogen and oxygen atoms in total. The van der Waals surface area contributed by atoms with Gasteiger partial charge in [-0.3, -0.25) is 14.3 Å². The first-order valence-corrected chi connectivity index (χ1v) is 8.44. The van der Waals surface area contributed by atoms with Crippen LogP contribution in [0.1, 0.15) is 52.2 Å². The van der Waals surface area contributed by atoms with E-state index < -0.39 is 11.2 Å². The molecule has 0 spiro atoms. The number of nitrogens with one attached hydrogen (secondary N) is 1. The maximum atomic E-state index is 12.2. The maximum absolute atomic E-state index is 12.2. The van der Waals surface area contributed by atoms with E-state index in [-0.39, 0.29) is 23.5 Å². The smallest absolute Gasteiger partial charge is 0.330 e. The maximum Gasteiger partial charge on any atom is 0.330 e. The van der Waals surface area contributed by atoms with Crippen molar-refractivity contribution in [3.05, 3.63) is 38.7 Å². The van der Waals surface area contributed by atoms with E-state index >= 15 is 0 Å². The van der Waals surface area contributed by atoms with Crippen molar-refractivity contribution in [1.29, 1.82) is 0 Å². The minimum absolute atomic E-state index is 0.145. The van der Waals surface area contributed by atoms with Gasteiger partial charge in [-0.2, -0.15) is 0 Å². The average Bonchev–Trinajstić information content (AvgIpc) is 2.95. The molecule has 0 saturated carbocycles. The molecular formula is C17H27N5O3. The van der Waals surface area contributed by atoms with Crippen molar-refractivity contribution < 1.29 is 4.42 Å². The fourth-order valence-electron chi connectivity index (χ4n) is 2.50. The first-order valence-electron chi connectivity index (χ1n) is 8.44. The van der Waals surface area contributed by atoms with Crippen LogP contribution in [0, 0.1) is 0 Å². The molecule has 0 amide bonds. The van der Waals surface area contributed by atoms with E-state index in [1.54, 1.807) is 18.1 Å². The van der Waals surface area contributed by atoms with Crippen molar-refractivity contribution in [2.24, 2.45) is 0 Å². The van der Waals surface area contributed by atoms with Crippen molar-refractivity contribution in [1.82, 2.24) is 14.5 Å². The lowest BCUT2D eigenvalue weighted by Gasteiger charge is -2.20. The predicted octanol–water partition coefficient (Wildman–Crippen LogP) is 1.84. The lowest BCUT2D eigenvalue weighted by Crippen LogP contribution is -2.37. The molecule has 0 radical (unpaired) electrons. The number of anilines is 2. The molecule has 8 heteroatoms. The van der Waals surface area contributed by atoms with Gasteiger partial charge in [0, 0.05) is 19.0 Å². The second kappa shape index (κ2) is 7.16. The zero-order chi connectivity index (χ0) is 18.8. The van der Waals surface area contributed by atoms with E-state index in [1.807, 2.05) is 27.7 Å². The third-order valence-corrected chi connectivity index (χ3v) is 4.00. The van der Waals surface area contributed by atoms with Gasteiger partial charge >= 0.3 is 5.69 Å². The third kappa shape index (κ3) is 4.12.